The van der Waals surface area contributed by atoms with Gasteiger partial charge in [0.2, 0.25) is 0 Å². The lowest BCUT2D eigenvalue weighted by Gasteiger charge is -2.32. The maximum absolute atomic E-state index is 11.6. The number of nitrogens with zero attached hydrogens (tertiary/aromatic N) is 2. The molecule has 1 aromatic carbocycles. The van der Waals surface area contributed by atoms with Gasteiger partial charge in [-0.2, -0.15) is 0 Å². The molecule has 1 saturated heterocycles. The minimum Gasteiger partial charge on any atom is -0.396 e. The van der Waals surface area contributed by atoms with Crippen molar-refractivity contribution in [1.82, 2.24) is 9.80 Å². The lowest BCUT2D eigenvalue weighted by atomic mass is 10.2. The molecule has 0 aliphatic carbocycles. The molecule has 0 bridgehead atoms. The van der Waals surface area contributed by atoms with Crippen LogP contribution in [0.5, 0.6) is 0 Å². The second-order valence-electron chi connectivity index (χ2n) is 5.56. The molecule has 0 saturated carbocycles. The van der Waals surface area contributed by atoms with E-state index in [1.165, 1.54) is 12.3 Å². The van der Waals surface area contributed by atoms with Gasteiger partial charge >= 0.3 is 0 Å². The smallest absolute Gasteiger partial charge is 0.177 e. The Hall–Kier alpha value is -1.31. The van der Waals surface area contributed by atoms with Crippen LogP contribution in [0.1, 0.15) is 0 Å². The summed E-state index contributed by atoms with van der Waals surface area (Å²) < 4.78 is 23.3. The Bertz CT molecular complexity index is 581. The number of hydrogen-bond acceptors (Lipinski definition) is 6. The molecular formula is C14H24N4O2S. The summed E-state index contributed by atoms with van der Waals surface area (Å²) in [4.78, 5) is 4.90. The second kappa shape index (κ2) is 6.64. The molecule has 6 nitrogen and oxygen atoms in total. The fourth-order valence-electron chi connectivity index (χ4n) is 2.44. The highest BCUT2D eigenvalue weighted by atomic mass is 32.2. The Morgan fingerprint density at radius 1 is 1.24 bits per heavy atom. The minimum atomic E-state index is -3.29. The number of hydrogen-bond donors (Lipinski definition) is 2. The van der Waals surface area contributed by atoms with Crippen molar-refractivity contribution in [2.75, 3.05) is 63.6 Å². The number of benzene rings is 1. The van der Waals surface area contributed by atoms with Crippen molar-refractivity contribution in [2.24, 2.45) is 0 Å². The molecule has 21 heavy (non-hydrogen) atoms. The van der Waals surface area contributed by atoms with Crippen LogP contribution in [0.4, 0.5) is 11.4 Å². The molecule has 0 spiro atoms. The zero-order valence-corrected chi connectivity index (χ0v) is 13.5. The van der Waals surface area contributed by atoms with E-state index in [1.54, 1.807) is 6.07 Å². The highest BCUT2D eigenvalue weighted by Gasteiger charge is 2.15. The van der Waals surface area contributed by atoms with Gasteiger partial charge in [0.05, 0.1) is 16.3 Å². The Morgan fingerprint density at radius 2 is 1.90 bits per heavy atom. The van der Waals surface area contributed by atoms with Crippen molar-refractivity contribution in [3.05, 3.63) is 18.2 Å². The molecule has 3 N–H and O–H groups in total. The lowest BCUT2D eigenvalue weighted by molar-refractivity contribution is 0.158. The van der Waals surface area contributed by atoms with E-state index in [0.717, 1.165) is 39.3 Å². The Morgan fingerprint density at radius 3 is 2.52 bits per heavy atom. The molecule has 1 aliphatic rings. The fourth-order valence-corrected chi connectivity index (χ4v) is 3.28. The topological polar surface area (TPSA) is 78.7 Å². The third kappa shape index (κ3) is 4.33. The number of likely N-dealkylation sites (N-methyl/N-ethyl adjacent to an activating group) is 1. The van der Waals surface area contributed by atoms with E-state index in [0.29, 0.717) is 11.4 Å². The van der Waals surface area contributed by atoms with E-state index in [4.69, 9.17) is 5.73 Å². The summed E-state index contributed by atoms with van der Waals surface area (Å²) in [7, 11) is -1.16. The Labute approximate surface area is 126 Å². The number of rotatable bonds is 5. The van der Waals surface area contributed by atoms with E-state index < -0.39 is 9.84 Å². The summed E-state index contributed by atoms with van der Waals surface area (Å²) in [6.45, 7) is 5.99. The van der Waals surface area contributed by atoms with Gasteiger partial charge in [0, 0.05) is 45.5 Å². The molecular weight excluding hydrogens is 288 g/mol. The molecule has 0 amide bonds. The zero-order chi connectivity index (χ0) is 15.5. The average molecular weight is 312 g/mol. The van der Waals surface area contributed by atoms with Crippen LogP contribution < -0.4 is 11.1 Å². The maximum Gasteiger partial charge on any atom is 0.177 e. The molecule has 7 heteroatoms. The summed E-state index contributed by atoms with van der Waals surface area (Å²) in [6, 6.07) is 5.06. The summed E-state index contributed by atoms with van der Waals surface area (Å²) in [5.41, 5.74) is 6.94. The molecule has 2 rings (SSSR count). The number of anilines is 2. The molecule has 0 unspecified atom stereocenters. The van der Waals surface area contributed by atoms with Crippen LogP contribution in [-0.2, 0) is 9.84 Å². The van der Waals surface area contributed by atoms with Crippen molar-refractivity contribution in [3.63, 3.8) is 0 Å². The lowest BCUT2D eigenvalue weighted by Crippen LogP contribution is -2.45. The largest absolute Gasteiger partial charge is 0.396 e. The summed E-state index contributed by atoms with van der Waals surface area (Å²) in [5.74, 6) is 0. The standard InChI is InChI=1S/C14H24N4O2S/c1-17-8-10-18(11-9-17)7-6-16-12-4-3-5-13(14(12)15)21(2,19)20/h3-5,16H,6-11,15H2,1-2H3. The fraction of sp³-hybridized carbons (Fsp3) is 0.571. The van der Waals surface area contributed by atoms with Gasteiger partial charge in [-0.3, -0.25) is 4.90 Å². The molecule has 1 fully saturated rings. The molecule has 118 valence electrons. The number of nitrogen functional groups attached to an aromatic ring is 1. The Balaban J connectivity index is 1.92. The van der Waals surface area contributed by atoms with Crippen molar-refractivity contribution in [1.29, 1.82) is 0 Å². The van der Waals surface area contributed by atoms with Gasteiger partial charge in [0.15, 0.2) is 9.84 Å². The quantitative estimate of drug-likeness (QED) is 0.763. The van der Waals surface area contributed by atoms with Crippen LogP contribution in [0.25, 0.3) is 0 Å². The monoisotopic (exact) mass is 312 g/mol. The second-order valence-corrected chi connectivity index (χ2v) is 7.55. The molecule has 1 heterocycles. The van der Waals surface area contributed by atoms with Gasteiger partial charge in [-0.1, -0.05) is 6.07 Å². The third-order valence-corrected chi connectivity index (χ3v) is 4.96. The van der Waals surface area contributed by atoms with Gasteiger partial charge in [0.1, 0.15) is 0 Å². The average Bonchev–Trinajstić information content (AvgIpc) is 2.41. The van der Waals surface area contributed by atoms with Crippen molar-refractivity contribution in [2.45, 2.75) is 4.90 Å². The first-order valence-corrected chi connectivity index (χ1v) is 9.00. The SMILES string of the molecule is CN1CCN(CCNc2cccc(S(C)(=O)=O)c2N)CC1. The Kier molecular flexibility index (Phi) is 5.08. The first-order valence-electron chi connectivity index (χ1n) is 7.11. The predicted octanol–water partition coefficient (Wildman–Crippen LogP) is 0.332. The summed E-state index contributed by atoms with van der Waals surface area (Å²) in [5, 5.41) is 3.24. The maximum atomic E-state index is 11.6. The van der Waals surface area contributed by atoms with Crippen molar-refractivity contribution in [3.8, 4) is 0 Å². The number of piperazine rings is 1. The number of nitrogens with one attached hydrogen (secondary N) is 1. The van der Waals surface area contributed by atoms with Crippen LogP contribution in [0.3, 0.4) is 0 Å². The summed E-state index contributed by atoms with van der Waals surface area (Å²) >= 11 is 0. The minimum absolute atomic E-state index is 0.187. The highest BCUT2D eigenvalue weighted by Crippen LogP contribution is 2.26. The zero-order valence-electron chi connectivity index (χ0n) is 12.7. The molecule has 1 aliphatic heterocycles. The van der Waals surface area contributed by atoms with Crippen LogP contribution in [-0.4, -0.2) is 70.8 Å². The number of sulfone groups is 1. The third-order valence-electron chi connectivity index (χ3n) is 3.80. The highest BCUT2D eigenvalue weighted by molar-refractivity contribution is 7.90. The summed E-state index contributed by atoms with van der Waals surface area (Å²) in [6.07, 6.45) is 1.17. The van der Waals surface area contributed by atoms with E-state index in [2.05, 4.69) is 22.2 Å². The van der Waals surface area contributed by atoms with Crippen molar-refractivity contribution < 1.29 is 8.42 Å². The van der Waals surface area contributed by atoms with Gasteiger partial charge in [-0.25, -0.2) is 8.42 Å². The first kappa shape index (κ1) is 16.1. The molecule has 0 atom stereocenters. The van der Waals surface area contributed by atoms with E-state index >= 15 is 0 Å². The van der Waals surface area contributed by atoms with E-state index in [9.17, 15) is 8.42 Å². The van der Waals surface area contributed by atoms with Crippen LogP contribution in [0, 0.1) is 0 Å². The number of nitrogens with two attached hydrogens (primary N) is 1. The number of para-hydroxylation sites is 1. The van der Waals surface area contributed by atoms with Crippen LogP contribution >= 0.6 is 0 Å². The van der Waals surface area contributed by atoms with Gasteiger partial charge < -0.3 is 16.0 Å². The van der Waals surface area contributed by atoms with Crippen molar-refractivity contribution >= 4 is 21.2 Å². The van der Waals surface area contributed by atoms with Crippen LogP contribution in [0.15, 0.2) is 23.1 Å². The molecule has 1 aromatic rings. The van der Waals surface area contributed by atoms with Gasteiger partial charge in [0.25, 0.3) is 0 Å². The van der Waals surface area contributed by atoms with Crippen LogP contribution in [0.2, 0.25) is 0 Å². The van der Waals surface area contributed by atoms with Gasteiger partial charge in [-0.05, 0) is 19.2 Å². The van der Waals surface area contributed by atoms with E-state index in [1.807, 2.05) is 6.07 Å². The van der Waals surface area contributed by atoms with E-state index in [-0.39, 0.29) is 4.90 Å². The molecule has 0 aromatic heterocycles. The first-order chi connectivity index (χ1) is 9.88. The predicted molar refractivity (Wildman–Crippen MR) is 86.4 cm³/mol. The normalized spacial score (nSPS) is 17.8. The van der Waals surface area contributed by atoms with Gasteiger partial charge in [-0.15, -0.1) is 0 Å². The molecule has 0 radical (unpaired) electrons.